The zero-order chi connectivity index (χ0) is 18.3. The topological polar surface area (TPSA) is 67.8 Å². The molecule has 7 heteroatoms. The Morgan fingerprint density at radius 1 is 1.12 bits per heavy atom. The molecule has 1 N–H and O–H groups in total. The predicted molar refractivity (Wildman–Crippen MR) is 107 cm³/mol. The van der Waals surface area contributed by atoms with E-state index in [1.165, 1.54) is 11.3 Å². The highest BCUT2D eigenvalue weighted by Gasteiger charge is 2.19. The van der Waals surface area contributed by atoms with Crippen LogP contribution in [0, 0.1) is 13.8 Å². The predicted octanol–water partition coefficient (Wildman–Crippen LogP) is 4.41. The number of thiophene rings is 1. The summed E-state index contributed by atoms with van der Waals surface area (Å²) in [5.74, 6) is 0.736. The highest BCUT2D eigenvalue weighted by atomic mass is 32.1. The van der Waals surface area contributed by atoms with Gasteiger partial charge < -0.3 is 5.32 Å². The second-order valence-electron chi connectivity index (χ2n) is 6.07. The highest BCUT2D eigenvalue weighted by molar-refractivity contribution is 7.20. The number of aryl methyl sites for hydroxylation is 3. The molecule has 0 aliphatic rings. The second kappa shape index (κ2) is 6.74. The van der Waals surface area contributed by atoms with Gasteiger partial charge in [-0.15, -0.1) is 22.7 Å². The van der Waals surface area contributed by atoms with Crippen molar-refractivity contribution < 1.29 is 4.79 Å². The monoisotopic (exact) mass is 382 g/mol. The lowest BCUT2D eigenvalue weighted by Gasteiger charge is -2.02. The average Bonchev–Trinajstić information content (AvgIpc) is 3.20. The van der Waals surface area contributed by atoms with Crippen LogP contribution in [-0.2, 0) is 13.0 Å². The molecule has 3 aromatic heterocycles. The van der Waals surface area contributed by atoms with Crippen molar-refractivity contribution in [3.8, 4) is 0 Å². The summed E-state index contributed by atoms with van der Waals surface area (Å²) >= 11 is 3.04. The lowest BCUT2D eigenvalue weighted by Crippen LogP contribution is -2.22. The minimum absolute atomic E-state index is 0.0813. The summed E-state index contributed by atoms with van der Waals surface area (Å²) in [5.41, 5.74) is 2.86. The minimum Gasteiger partial charge on any atom is -0.345 e. The summed E-state index contributed by atoms with van der Waals surface area (Å²) in [6, 6.07) is 8.00. The molecule has 0 bridgehead atoms. The Morgan fingerprint density at radius 3 is 2.69 bits per heavy atom. The molecule has 0 spiro atoms. The number of nitrogens with one attached hydrogen (secondary N) is 1. The van der Waals surface area contributed by atoms with Crippen LogP contribution in [0.5, 0.6) is 0 Å². The van der Waals surface area contributed by atoms with Crippen molar-refractivity contribution in [2.24, 2.45) is 0 Å². The largest absolute Gasteiger partial charge is 0.345 e. The van der Waals surface area contributed by atoms with Crippen LogP contribution in [0.3, 0.4) is 0 Å². The molecule has 0 fully saturated rings. The van der Waals surface area contributed by atoms with E-state index >= 15 is 0 Å². The van der Waals surface area contributed by atoms with E-state index in [-0.39, 0.29) is 5.91 Å². The number of hydrogen-bond donors (Lipinski definition) is 1. The summed E-state index contributed by atoms with van der Waals surface area (Å²) in [4.78, 5) is 28.0. The molecule has 0 aliphatic heterocycles. The Balaban J connectivity index is 1.59. The van der Waals surface area contributed by atoms with Gasteiger partial charge in [-0.2, -0.15) is 0 Å². The molecular weight excluding hydrogens is 364 g/mol. The van der Waals surface area contributed by atoms with Gasteiger partial charge in [0.2, 0.25) is 0 Å². The van der Waals surface area contributed by atoms with Gasteiger partial charge in [0.15, 0.2) is 0 Å². The molecule has 0 unspecified atom stereocenters. The number of carbonyl (C=O) groups excluding carboxylic acids is 1. The van der Waals surface area contributed by atoms with Crippen LogP contribution in [-0.4, -0.2) is 20.9 Å². The van der Waals surface area contributed by atoms with Gasteiger partial charge in [0.05, 0.1) is 21.6 Å². The molecule has 132 valence electrons. The molecule has 4 aromatic rings. The molecule has 5 nitrogen and oxygen atoms in total. The van der Waals surface area contributed by atoms with Crippen LogP contribution < -0.4 is 5.32 Å². The fourth-order valence-corrected chi connectivity index (χ4v) is 5.08. The lowest BCUT2D eigenvalue weighted by atomic mass is 10.1. The van der Waals surface area contributed by atoms with Crippen molar-refractivity contribution >= 4 is 49.0 Å². The second-order valence-corrected chi connectivity index (χ2v) is 8.19. The van der Waals surface area contributed by atoms with Crippen molar-refractivity contribution in [2.75, 3.05) is 0 Å². The summed E-state index contributed by atoms with van der Waals surface area (Å²) in [7, 11) is 0. The van der Waals surface area contributed by atoms with Crippen LogP contribution in [0.25, 0.3) is 20.4 Å². The standard InChI is InChI=1S/C19H18N4OS2/c1-4-14-21-11(3)16-10(2)17(26-19(16)23-14)18(24)20-9-15-22-12-7-5-6-8-13(12)25-15/h5-8H,4,9H2,1-3H3,(H,20,24). The molecule has 0 aliphatic carbocycles. The number of rotatable bonds is 4. The van der Waals surface area contributed by atoms with Gasteiger partial charge in [0.1, 0.15) is 15.7 Å². The van der Waals surface area contributed by atoms with Crippen molar-refractivity contribution in [2.45, 2.75) is 33.7 Å². The molecule has 0 saturated carbocycles. The summed E-state index contributed by atoms with van der Waals surface area (Å²) in [6.45, 7) is 6.41. The highest BCUT2D eigenvalue weighted by Crippen LogP contribution is 2.31. The number of fused-ring (bicyclic) bond motifs is 2. The average molecular weight is 383 g/mol. The molecular formula is C19H18N4OS2. The van der Waals surface area contributed by atoms with Gasteiger partial charge in [0, 0.05) is 17.5 Å². The van der Waals surface area contributed by atoms with Gasteiger partial charge >= 0.3 is 0 Å². The number of para-hydroxylation sites is 1. The summed E-state index contributed by atoms with van der Waals surface area (Å²) < 4.78 is 1.13. The van der Waals surface area contributed by atoms with Crippen LogP contribution in [0.1, 0.15) is 38.7 Å². The maximum atomic E-state index is 12.7. The SMILES string of the molecule is CCc1nc(C)c2c(C)c(C(=O)NCc3nc4ccccc4s3)sc2n1. The number of amides is 1. The van der Waals surface area contributed by atoms with Crippen molar-refractivity contribution in [3.05, 3.63) is 51.2 Å². The van der Waals surface area contributed by atoms with E-state index in [4.69, 9.17) is 0 Å². The zero-order valence-corrected chi connectivity index (χ0v) is 16.4. The quantitative estimate of drug-likeness (QED) is 0.568. The number of carbonyl (C=O) groups is 1. The van der Waals surface area contributed by atoms with Crippen molar-refractivity contribution in [3.63, 3.8) is 0 Å². The van der Waals surface area contributed by atoms with Gasteiger partial charge in [-0.25, -0.2) is 15.0 Å². The van der Waals surface area contributed by atoms with Crippen molar-refractivity contribution in [1.82, 2.24) is 20.3 Å². The molecule has 0 radical (unpaired) electrons. The van der Waals surface area contributed by atoms with E-state index in [9.17, 15) is 4.79 Å². The number of aromatic nitrogens is 3. The Labute approximate surface area is 159 Å². The smallest absolute Gasteiger partial charge is 0.262 e. The van der Waals surface area contributed by atoms with Crippen LogP contribution in [0.4, 0.5) is 0 Å². The number of hydrogen-bond acceptors (Lipinski definition) is 6. The maximum Gasteiger partial charge on any atom is 0.262 e. The maximum absolute atomic E-state index is 12.7. The first-order chi connectivity index (χ1) is 12.6. The molecule has 3 heterocycles. The lowest BCUT2D eigenvalue weighted by molar-refractivity contribution is 0.0954. The number of benzene rings is 1. The molecule has 4 rings (SSSR count). The van der Waals surface area contributed by atoms with E-state index in [0.717, 1.165) is 48.9 Å². The zero-order valence-electron chi connectivity index (χ0n) is 14.8. The molecule has 1 amide bonds. The first kappa shape index (κ1) is 17.1. The fraction of sp³-hybridized carbons (Fsp3) is 0.263. The Kier molecular flexibility index (Phi) is 4.42. The van der Waals surface area contributed by atoms with Gasteiger partial charge in [-0.1, -0.05) is 19.1 Å². The first-order valence-corrected chi connectivity index (χ1v) is 10.1. The van der Waals surface area contributed by atoms with E-state index in [1.807, 2.05) is 45.0 Å². The van der Waals surface area contributed by atoms with Gasteiger partial charge in [-0.05, 0) is 31.5 Å². The number of thiazole rings is 1. The minimum atomic E-state index is -0.0813. The molecule has 0 atom stereocenters. The van der Waals surface area contributed by atoms with Gasteiger partial charge in [-0.3, -0.25) is 4.79 Å². The fourth-order valence-electron chi connectivity index (χ4n) is 3.00. The van der Waals surface area contributed by atoms with Crippen LogP contribution in [0.15, 0.2) is 24.3 Å². The first-order valence-electron chi connectivity index (χ1n) is 8.46. The third-order valence-electron chi connectivity index (χ3n) is 4.28. The van der Waals surface area contributed by atoms with E-state index < -0.39 is 0 Å². The Bertz CT molecular complexity index is 1100. The van der Waals surface area contributed by atoms with E-state index in [1.54, 1.807) is 11.3 Å². The van der Waals surface area contributed by atoms with Crippen LogP contribution >= 0.6 is 22.7 Å². The number of nitrogens with zero attached hydrogens (tertiary/aromatic N) is 3. The van der Waals surface area contributed by atoms with E-state index in [2.05, 4.69) is 20.3 Å². The third-order valence-corrected chi connectivity index (χ3v) is 6.50. The van der Waals surface area contributed by atoms with Gasteiger partial charge in [0.25, 0.3) is 5.91 Å². The van der Waals surface area contributed by atoms with Crippen LogP contribution in [0.2, 0.25) is 0 Å². The third kappa shape index (κ3) is 2.97. The molecule has 26 heavy (non-hydrogen) atoms. The summed E-state index contributed by atoms with van der Waals surface area (Å²) in [5, 5.41) is 4.90. The molecule has 1 aromatic carbocycles. The molecule has 0 saturated heterocycles. The normalized spacial score (nSPS) is 11.3. The van der Waals surface area contributed by atoms with Crippen molar-refractivity contribution in [1.29, 1.82) is 0 Å². The van der Waals surface area contributed by atoms with E-state index in [0.29, 0.717) is 11.4 Å². The summed E-state index contributed by atoms with van der Waals surface area (Å²) in [6.07, 6.45) is 0.785. The Morgan fingerprint density at radius 2 is 1.92 bits per heavy atom. The Hall–Kier alpha value is -2.38.